The molecule has 0 spiro atoms. The summed E-state index contributed by atoms with van der Waals surface area (Å²) in [5.41, 5.74) is 5.42. The zero-order valence-corrected chi connectivity index (χ0v) is 20.4. The zero-order chi connectivity index (χ0) is 21.1. The van der Waals surface area contributed by atoms with Crippen molar-refractivity contribution in [3.63, 3.8) is 0 Å². The standard InChI is InChI=1S/C27H30FN3.2ClH/c28-24-10-12-25(13-11-24)31-18-16-30(17-19-31)15-14-27(23-7-2-1-3-8-23)21-29-20-22-6-4-5-9-26(22)27;;/h1-13,29H,14-21H2;2*1H. The van der Waals surface area contributed by atoms with Gasteiger partial charge in [0.25, 0.3) is 0 Å². The number of nitrogens with one attached hydrogen (secondary N) is 1. The second-order valence-corrected chi connectivity index (χ2v) is 8.76. The van der Waals surface area contributed by atoms with Gasteiger partial charge in [-0.3, -0.25) is 4.90 Å². The summed E-state index contributed by atoms with van der Waals surface area (Å²) in [4.78, 5) is 4.95. The maximum atomic E-state index is 13.2. The first-order valence-electron chi connectivity index (χ1n) is 11.3. The van der Waals surface area contributed by atoms with Crippen LogP contribution in [0, 0.1) is 5.82 Å². The first kappa shape index (κ1) is 25.5. The van der Waals surface area contributed by atoms with Crippen molar-refractivity contribution >= 4 is 30.5 Å². The number of rotatable bonds is 5. The Labute approximate surface area is 208 Å². The molecule has 0 aliphatic carbocycles. The average molecular weight is 488 g/mol. The number of piperazine rings is 1. The minimum Gasteiger partial charge on any atom is -0.369 e. The zero-order valence-electron chi connectivity index (χ0n) is 18.8. The Kier molecular flexibility index (Phi) is 8.77. The minimum absolute atomic E-state index is 0. The molecule has 3 aromatic rings. The molecule has 0 bridgehead atoms. The molecule has 176 valence electrons. The number of anilines is 1. The Balaban J connectivity index is 0.00000153. The largest absolute Gasteiger partial charge is 0.369 e. The number of hydrogen-bond acceptors (Lipinski definition) is 3. The Morgan fingerprint density at radius 2 is 1.45 bits per heavy atom. The van der Waals surface area contributed by atoms with Crippen molar-refractivity contribution in [2.24, 2.45) is 0 Å². The van der Waals surface area contributed by atoms with Crippen LogP contribution in [0.25, 0.3) is 0 Å². The van der Waals surface area contributed by atoms with E-state index in [-0.39, 0.29) is 36.0 Å². The molecule has 1 fully saturated rings. The van der Waals surface area contributed by atoms with Gasteiger partial charge >= 0.3 is 0 Å². The van der Waals surface area contributed by atoms with E-state index in [9.17, 15) is 4.39 Å². The van der Waals surface area contributed by atoms with E-state index in [0.717, 1.165) is 57.9 Å². The Morgan fingerprint density at radius 3 is 2.18 bits per heavy atom. The number of halogens is 3. The third-order valence-electron chi connectivity index (χ3n) is 7.02. The average Bonchev–Trinajstić information content (AvgIpc) is 2.84. The van der Waals surface area contributed by atoms with Crippen LogP contribution < -0.4 is 10.2 Å². The number of nitrogens with zero attached hydrogens (tertiary/aromatic N) is 2. The van der Waals surface area contributed by atoms with Crippen molar-refractivity contribution < 1.29 is 4.39 Å². The maximum absolute atomic E-state index is 13.2. The predicted octanol–water partition coefficient (Wildman–Crippen LogP) is 5.27. The summed E-state index contributed by atoms with van der Waals surface area (Å²) in [5, 5.41) is 3.69. The Hall–Kier alpha value is -2.11. The lowest BCUT2D eigenvalue weighted by Gasteiger charge is -2.43. The highest BCUT2D eigenvalue weighted by molar-refractivity contribution is 5.85. The molecule has 0 aromatic heterocycles. The predicted molar refractivity (Wildman–Crippen MR) is 140 cm³/mol. The second-order valence-electron chi connectivity index (χ2n) is 8.76. The van der Waals surface area contributed by atoms with E-state index in [0.29, 0.717) is 0 Å². The normalized spacial score (nSPS) is 20.3. The van der Waals surface area contributed by atoms with E-state index in [1.807, 2.05) is 12.1 Å². The van der Waals surface area contributed by atoms with Crippen LogP contribution in [-0.4, -0.2) is 44.2 Å². The van der Waals surface area contributed by atoms with Gasteiger partial charge in [0, 0.05) is 50.4 Å². The topological polar surface area (TPSA) is 18.5 Å². The molecule has 2 aliphatic rings. The van der Waals surface area contributed by atoms with Crippen LogP contribution >= 0.6 is 24.8 Å². The monoisotopic (exact) mass is 487 g/mol. The van der Waals surface area contributed by atoms with E-state index in [1.165, 1.54) is 16.7 Å². The van der Waals surface area contributed by atoms with Gasteiger partial charge in [-0.2, -0.15) is 0 Å². The molecule has 6 heteroatoms. The number of benzene rings is 3. The summed E-state index contributed by atoms with van der Waals surface area (Å²) in [6, 6.07) is 26.8. The summed E-state index contributed by atoms with van der Waals surface area (Å²) in [6.45, 7) is 7.04. The highest BCUT2D eigenvalue weighted by atomic mass is 35.5. The van der Waals surface area contributed by atoms with E-state index in [1.54, 1.807) is 12.1 Å². The fraction of sp³-hybridized carbons (Fsp3) is 0.333. The SMILES string of the molecule is Cl.Cl.Fc1ccc(N2CCN(CCC3(c4ccccc4)CNCc4ccccc43)CC2)cc1. The van der Waals surface area contributed by atoms with Crippen LogP contribution in [0.15, 0.2) is 78.9 Å². The van der Waals surface area contributed by atoms with E-state index < -0.39 is 0 Å². The summed E-state index contributed by atoms with van der Waals surface area (Å²) >= 11 is 0. The molecule has 0 radical (unpaired) electrons. The van der Waals surface area contributed by atoms with Crippen LogP contribution in [0.1, 0.15) is 23.1 Å². The van der Waals surface area contributed by atoms with Gasteiger partial charge in [0.05, 0.1) is 0 Å². The van der Waals surface area contributed by atoms with Crippen LogP contribution in [0.2, 0.25) is 0 Å². The first-order chi connectivity index (χ1) is 15.2. The van der Waals surface area contributed by atoms with Crippen LogP contribution in [0.3, 0.4) is 0 Å². The molecule has 1 saturated heterocycles. The van der Waals surface area contributed by atoms with E-state index in [4.69, 9.17) is 0 Å². The van der Waals surface area contributed by atoms with Gasteiger partial charge in [-0.15, -0.1) is 24.8 Å². The summed E-state index contributed by atoms with van der Waals surface area (Å²) in [5.74, 6) is -0.171. The van der Waals surface area contributed by atoms with Gasteiger partial charge in [0.2, 0.25) is 0 Å². The second kappa shape index (κ2) is 11.3. The lowest BCUT2D eigenvalue weighted by atomic mass is 9.68. The fourth-order valence-corrected chi connectivity index (χ4v) is 5.26. The molecule has 1 atom stereocenters. The summed E-state index contributed by atoms with van der Waals surface area (Å²) in [6.07, 6.45) is 1.09. The molecule has 0 saturated carbocycles. The third-order valence-corrected chi connectivity index (χ3v) is 7.02. The molecule has 3 aromatic carbocycles. The minimum atomic E-state index is -0.171. The van der Waals surface area contributed by atoms with Crippen molar-refractivity contribution in [2.45, 2.75) is 18.4 Å². The van der Waals surface area contributed by atoms with Crippen molar-refractivity contribution in [3.05, 3.63) is 101 Å². The van der Waals surface area contributed by atoms with Crippen molar-refractivity contribution in [1.29, 1.82) is 0 Å². The Morgan fingerprint density at radius 1 is 0.788 bits per heavy atom. The first-order valence-corrected chi connectivity index (χ1v) is 11.3. The van der Waals surface area contributed by atoms with Crippen LogP contribution in [-0.2, 0) is 12.0 Å². The molecule has 1 N–H and O–H groups in total. The van der Waals surface area contributed by atoms with Gasteiger partial charge in [-0.05, 0) is 53.9 Å². The smallest absolute Gasteiger partial charge is 0.123 e. The Bertz CT molecular complexity index is 1010. The van der Waals surface area contributed by atoms with E-state index in [2.05, 4.69) is 69.7 Å². The molecule has 5 rings (SSSR count). The maximum Gasteiger partial charge on any atom is 0.123 e. The molecule has 3 nitrogen and oxygen atoms in total. The molecular formula is C27H32Cl2FN3. The van der Waals surface area contributed by atoms with Crippen molar-refractivity contribution in [1.82, 2.24) is 10.2 Å². The summed E-state index contributed by atoms with van der Waals surface area (Å²) in [7, 11) is 0. The molecule has 0 amide bonds. The van der Waals surface area contributed by atoms with Gasteiger partial charge in [-0.25, -0.2) is 4.39 Å². The van der Waals surface area contributed by atoms with Gasteiger partial charge in [-0.1, -0.05) is 54.6 Å². The molecule has 33 heavy (non-hydrogen) atoms. The van der Waals surface area contributed by atoms with Crippen LogP contribution in [0.5, 0.6) is 0 Å². The van der Waals surface area contributed by atoms with Gasteiger partial charge < -0.3 is 10.2 Å². The lowest BCUT2D eigenvalue weighted by molar-refractivity contribution is 0.230. The van der Waals surface area contributed by atoms with E-state index >= 15 is 0 Å². The van der Waals surface area contributed by atoms with Gasteiger partial charge in [0.1, 0.15) is 5.82 Å². The lowest BCUT2D eigenvalue weighted by Crippen LogP contribution is -2.50. The highest BCUT2D eigenvalue weighted by Gasteiger charge is 2.38. The molecule has 2 heterocycles. The number of fused-ring (bicyclic) bond motifs is 1. The van der Waals surface area contributed by atoms with Crippen molar-refractivity contribution in [2.75, 3.05) is 44.2 Å². The molecule has 2 aliphatic heterocycles. The van der Waals surface area contributed by atoms with Gasteiger partial charge in [0.15, 0.2) is 0 Å². The quantitative estimate of drug-likeness (QED) is 0.528. The molecular weight excluding hydrogens is 456 g/mol. The molecule has 1 unspecified atom stereocenters. The summed E-state index contributed by atoms with van der Waals surface area (Å²) < 4.78 is 13.2. The van der Waals surface area contributed by atoms with Crippen LogP contribution in [0.4, 0.5) is 10.1 Å². The number of hydrogen-bond donors (Lipinski definition) is 1. The third kappa shape index (κ3) is 5.36. The highest BCUT2D eigenvalue weighted by Crippen LogP contribution is 2.39. The fourth-order valence-electron chi connectivity index (χ4n) is 5.26. The van der Waals surface area contributed by atoms with Crippen molar-refractivity contribution in [3.8, 4) is 0 Å².